The number of rotatable bonds is 3. The fourth-order valence-corrected chi connectivity index (χ4v) is 5.74. The van der Waals surface area contributed by atoms with E-state index in [0.717, 1.165) is 48.3 Å². The summed E-state index contributed by atoms with van der Waals surface area (Å²) in [5.74, 6) is 0.0300. The van der Waals surface area contributed by atoms with Gasteiger partial charge in [-0.05, 0) is 56.0 Å². The molecular formula is C25H22Cl2N6O. The zero-order chi connectivity index (χ0) is 23.4. The molecule has 0 spiro atoms. The first-order chi connectivity index (χ1) is 16.5. The fraction of sp³-hybridized carbons (Fsp3) is 0.280. The van der Waals surface area contributed by atoms with Crippen molar-refractivity contribution in [3.8, 4) is 16.9 Å². The van der Waals surface area contributed by atoms with Crippen LogP contribution >= 0.6 is 23.2 Å². The van der Waals surface area contributed by atoms with Crippen LogP contribution in [0.4, 0.5) is 0 Å². The van der Waals surface area contributed by atoms with Gasteiger partial charge in [0.25, 0.3) is 5.91 Å². The van der Waals surface area contributed by atoms with Gasteiger partial charge in [0, 0.05) is 34.3 Å². The number of nitrogens with zero attached hydrogens (tertiary/aromatic N) is 6. The van der Waals surface area contributed by atoms with E-state index in [0.29, 0.717) is 10.0 Å². The number of piperidine rings is 1. The van der Waals surface area contributed by atoms with E-state index >= 15 is 0 Å². The van der Waals surface area contributed by atoms with E-state index in [2.05, 4.69) is 16.1 Å². The Bertz CT molecular complexity index is 1410. The molecule has 7 nitrogen and oxygen atoms in total. The van der Waals surface area contributed by atoms with Crippen LogP contribution in [0.15, 0.2) is 54.9 Å². The van der Waals surface area contributed by atoms with Crippen LogP contribution in [-0.2, 0) is 13.5 Å². The molecule has 2 aliphatic rings. The molecule has 6 rings (SSSR count). The topological polar surface area (TPSA) is 68.8 Å². The lowest BCUT2D eigenvalue weighted by Gasteiger charge is -2.44. The Morgan fingerprint density at radius 2 is 1.82 bits per heavy atom. The monoisotopic (exact) mass is 492 g/mol. The zero-order valence-corrected chi connectivity index (χ0v) is 20.0. The van der Waals surface area contributed by atoms with E-state index in [4.69, 9.17) is 28.3 Å². The summed E-state index contributed by atoms with van der Waals surface area (Å²) in [7, 11) is 1.96. The Kier molecular flexibility index (Phi) is 5.19. The highest BCUT2D eigenvalue weighted by atomic mass is 35.5. The smallest absolute Gasteiger partial charge is 0.294 e. The van der Waals surface area contributed by atoms with Gasteiger partial charge in [-0.1, -0.05) is 41.4 Å². The number of fused-ring (bicyclic) bond motifs is 4. The van der Waals surface area contributed by atoms with Crippen LogP contribution in [0.3, 0.4) is 0 Å². The SMILES string of the molecule is Cn1nc2c(c1-c1cccc(Cl)c1)C[C@H]1CCC[C@@H]2N1C(=O)c1ncn(-c2cccc(Cl)c2)n1. The van der Waals surface area contributed by atoms with Gasteiger partial charge in [-0.2, -0.15) is 5.10 Å². The molecule has 0 unspecified atom stereocenters. The molecule has 0 N–H and O–H groups in total. The Morgan fingerprint density at radius 3 is 2.62 bits per heavy atom. The minimum absolute atomic E-state index is 0.0824. The lowest BCUT2D eigenvalue weighted by atomic mass is 9.81. The molecule has 0 radical (unpaired) electrons. The molecule has 2 aromatic heterocycles. The lowest BCUT2D eigenvalue weighted by Crippen LogP contribution is -2.50. The molecule has 2 aromatic carbocycles. The van der Waals surface area contributed by atoms with Gasteiger partial charge in [-0.15, -0.1) is 5.10 Å². The van der Waals surface area contributed by atoms with E-state index in [1.54, 1.807) is 23.1 Å². The third-order valence-electron chi connectivity index (χ3n) is 6.76. The van der Waals surface area contributed by atoms with E-state index in [1.807, 2.05) is 47.0 Å². The zero-order valence-electron chi connectivity index (χ0n) is 18.5. The van der Waals surface area contributed by atoms with Crippen molar-refractivity contribution < 1.29 is 4.79 Å². The minimum Gasteiger partial charge on any atom is -0.324 e. The van der Waals surface area contributed by atoms with Gasteiger partial charge in [0.05, 0.1) is 23.1 Å². The van der Waals surface area contributed by atoms with E-state index in [9.17, 15) is 4.79 Å². The van der Waals surface area contributed by atoms with Crippen LogP contribution in [0.1, 0.15) is 47.2 Å². The molecule has 9 heteroatoms. The molecule has 0 aliphatic carbocycles. The predicted octanol–water partition coefficient (Wildman–Crippen LogP) is 5.27. The highest BCUT2D eigenvalue weighted by Crippen LogP contribution is 2.45. The molecule has 4 heterocycles. The normalized spacial score (nSPS) is 19.2. The molecule has 4 aromatic rings. The van der Waals surface area contributed by atoms with E-state index in [-0.39, 0.29) is 23.8 Å². The largest absolute Gasteiger partial charge is 0.324 e. The molecule has 34 heavy (non-hydrogen) atoms. The van der Waals surface area contributed by atoms with Gasteiger partial charge >= 0.3 is 0 Å². The predicted molar refractivity (Wildman–Crippen MR) is 130 cm³/mol. The van der Waals surface area contributed by atoms with Crippen LogP contribution in [0.25, 0.3) is 16.9 Å². The van der Waals surface area contributed by atoms with Crippen molar-refractivity contribution in [1.29, 1.82) is 0 Å². The second-order valence-electron chi connectivity index (χ2n) is 8.86. The minimum atomic E-state index is -0.156. The first-order valence-electron chi connectivity index (χ1n) is 11.3. The van der Waals surface area contributed by atoms with Crippen molar-refractivity contribution in [3.05, 3.63) is 82.0 Å². The fourth-order valence-electron chi connectivity index (χ4n) is 5.37. The number of carbonyl (C=O) groups excluding carboxylic acids is 1. The summed E-state index contributed by atoms with van der Waals surface area (Å²) in [6.07, 6.45) is 5.19. The summed E-state index contributed by atoms with van der Waals surface area (Å²) in [6, 6.07) is 15.2. The second-order valence-corrected chi connectivity index (χ2v) is 9.73. The van der Waals surface area contributed by atoms with E-state index < -0.39 is 0 Å². The Hall–Kier alpha value is -3.16. The molecule has 1 fully saturated rings. The summed E-state index contributed by atoms with van der Waals surface area (Å²) in [5.41, 5.74) is 5.06. The van der Waals surface area contributed by atoms with Crippen LogP contribution < -0.4 is 0 Å². The molecule has 2 aliphatic heterocycles. The van der Waals surface area contributed by atoms with Crippen LogP contribution in [0, 0.1) is 0 Å². The third-order valence-corrected chi connectivity index (χ3v) is 7.23. The molecule has 2 atom stereocenters. The van der Waals surface area contributed by atoms with Crippen molar-refractivity contribution in [1.82, 2.24) is 29.4 Å². The van der Waals surface area contributed by atoms with E-state index in [1.165, 1.54) is 5.56 Å². The average Bonchev–Trinajstić information content (AvgIpc) is 3.43. The van der Waals surface area contributed by atoms with Crippen molar-refractivity contribution >= 4 is 29.1 Å². The Labute approximate surface area is 206 Å². The Balaban J connectivity index is 1.36. The number of aryl methyl sites for hydroxylation is 1. The summed E-state index contributed by atoms with van der Waals surface area (Å²) >= 11 is 12.4. The number of halogens is 2. The molecule has 2 bridgehead atoms. The lowest BCUT2D eigenvalue weighted by molar-refractivity contribution is 0.0379. The van der Waals surface area contributed by atoms with Gasteiger partial charge in [0.15, 0.2) is 0 Å². The maximum atomic E-state index is 13.7. The number of aromatic nitrogens is 5. The highest BCUT2D eigenvalue weighted by Gasteiger charge is 2.44. The van der Waals surface area contributed by atoms with Gasteiger partial charge in [-0.25, -0.2) is 9.67 Å². The first kappa shape index (κ1) is 21.4. The molecule has 0 saturated carbocycles. The molecular weight excluding hydrogens is 471 g/mol. The number of hydrogen-bond acceptors (Lipinski definition) is 4. The number of amides is 1. The van der Waals surface area contributed by atoms with Crippen molar-refractivity contribution in [3.63, 3.8) is 0 Å². The van der Waals surface area contributed by atoms with Crippen molar-refractivity contribution in [2.24, 2.45) is 7.05 Å². The maximum absolute atomic E-state index is 13.7. The standard InChI is InChI=1S/C25H22Cl2N6O/c1-31-23(15-5-2-6-16(26)11-15)20-13-19-9-4-10-21(22(20)29-31)33(19)25(34)24-28-14-32(30-24)18-8-3-7-17(27)12-18/h2-3,5-8,11-12,14,19,21H,4,9-10,13H2,1H3/t19-,21+/m1/s1. The maximum Gasteiger partial charge on any atom is 0.294 e. The van der Waals surface area contributed by atoms with Crippen LogP contribution in [0.2, 0.25) is 10.0 Å². The van der Waals surface area contributed by atoms with Gasteiger partial charge < -0.3 is 4.90 Å². The van der Waals surface area contributed by atoms with Gasteiger partial charge in [0.2, 0.25) is 5.82 Å². The van der Waals surface area contributed by atoms with Gasteiger partial charge in [0.1, 0.15) is 6.33 Å². The first-order valence-corrected chi connectivity index (χ1v) is 12.1. The quantitative estimate of drug-likeness (QED) is 0.390. The van der Waals surface area contributed by atoms with Crippen molar-refractivity contribution in [2.75, 3.05) is 0 Å². The Morgan fingerprint density at radius 1 is 1.03 bits per heavy atom. The molecule has 172 valence electrons. The summed E-state index contributed by atoms with van der Waals surface area (Å²) in [6.45, 7) is 0. The highest BCUT2D eigenvalue weighted by molar-refractivity contribution is 6.31. The number of hydrogen-bond donors (Lipinski definition) is 0. The number of carbonyl (C=O) groups is 1. The summed E-state index contributed by atoms with van der Waals surface area (Å²) < 4.78 is 3.51. The van der Waals surface area contributed by atoms with Gasteiger partial charge in [-0.3, -0.25) is 9.48 Å². The third kappa shape index (κ3) is 3.51. The number of benzene rings is 2. The molecule has 1 amide bonds. The summed E-state index contributed by atoms with van der Waals surface area (Å²) in [4.78, 5) is 19.9. The van der Waals surface area contributed by atoms with Crippen LogP contribution in [0.5, 0.6) is 0 Å². The second kappa shape index (κ2) is 8.25. The molecule has 1 saturated heterocycles. The van der Waals surface area contributed by atoms with Crippen LogP contribution in [-0.4, -0.2) is 41.4 Å². The van der Waals surface area contributed by atoms with Crippen molar-refractivity contribution in [2.45, 2.75) is 37.8 Å². The summed E-state index contributed by atoms with van der Waals surface area (Å²) in [5, 5.41) is 10.7. The average molecular weight is 493 g/mol.